The molecule has 1 aromatic rings. The number of nitrogens with zero attached hydrogens (tertiary/aromatic N) is 2. The van der Waals surface area contributed by atoms with Crippen molar-refractivity contribution in [1.82, 2.24) is 10.3 Å². The Morgan fingerprint density at radius 2 is 2.46 bits per heavy atom. The quantitative estimate of drug-likeness (QED) is 0.727. The largest absolute Gasteiger partial charge is 0.355 e. The molecule has 13 heavy (non-hydrogen) atoms. The summed E-state index contributed by atoms with van der Waals surface area (Å²) in [4.78, 5) is 6.65. The van der Waals surface area contributed by atoms with Crippen LogP contribution in [0.2, 0.25) is 0 Å². The average Bonchev–Trinajstić information content (AvgIpc) is 2.67. The molecule has 1 aromatic heterocycles. The third-order valence-corrected chi connectivity index (χ3v) is 2.57. The van der Waals surface area contributed by atoms with E-state index in [1.54, 1.807) is 0 Å². The van der Waals surface area contributed by atoms with Crippen molar-refractivity contribution in [1.29, 1.82) is 0 Å². The number of pyridine rings is 1. The van der Waals surface area contributed by atoms with Crippen molar-refractivity contribution in [2.75, 3.05) is 25.0 Å². The van der Waals surface area contributed by atoms with Gasteiger partial charge in [0, 0.05) is 25.3 Å². The van der Waals surface area contributed by atoms with Crippen LogP contribution in [-0.2, 0) is 0 Å². The first-order valence-corrected chi connectivity index (χ1v) is 4.73. The van der Waals surface area contributed by atoms with Crippen LogP contribution in [0.3, 0.4) is 0 Å². The fraction of sp³-hybridized carbons (Fsp3) is 0.500. The summed E-state index contributed by atoms with van der Waals surface area (Å²) in [6.07, 6.45) is 3.06. The number of aromatic nitrogens is 1. The molecule has 1 unspecified atom stereocenters. The number of hydrogen-bond acceptors (Lipinski definition) is 3. The Morgan fingerprint density at radius 1 is 1.54 bits per heavy atom. The van der Waals surface area contributed by atoms with Crippen LogP contribution >= 0.6 is 0 Å². The van der Waals surface area contributed by atoms with Crippen LogP contribution in [0.1, 0.15) is 6.42 Å². The van der Waals surface area contributed by atoms with Gasteiger partial charge in [0.15, 0.2) is 0 Å². The Labute approximate surface area is 78.8 Å². The van der Waals surface area contributed by atoms with E-state index >= 15 is 0 Å². The predicted molar refractivity (Wildman–Crippen MR) is 53.9 cm³/mol. The van der Waals surface area contributed by atoms with Crippen LogP contribution in [0.5, 0.6) is 0 Å². The van der Waals surface area contributed by atoms with Crippen LogP contribution in [-0.4, -0.2) is 31.2 Å². The van der Waals surface area contributed by atoms with E-state index < -0.39 is 0 Å². The van der Waals surface area contributed by atoms with Crippen LogP contribution in [0.25, 0.3) is 0 Å². The van der Waals surface area contributed by atoms with Gasteiger partial charge in [-0.15, -0.1) is 0 Å². The third kappa shape index (κ3) is 1.80. The highest BCUT2D eigenvalue weighted by Crippen LogP contribution is 2.16. The van der Waals surface area contributed by atoms with Crippen molar-refractivity contribution in [2.24, 2.45) is 0 Å². The van der Waals surface area contributed by atoms with E-state index in [0.29, 0.717) is 6.04 Å². The summed E-state index contributed by atoms with van der Waals surface area (Å²) in [7, 11) is 2.02. The van der Waals surface area contributed by atoms with Gasteiger partial charge in [0.1, 0.15) is 5.82 Å². The first kappa shape index (κ1) is 8.51. The second-order valence-electron chi connectivity index (χ2n) is 3.41. The zero-order chi connectivity index (χ0) is 9.10. The standard InChI is InChI=1S/C10H15N3/c1-11-9-5-7-13(8-9)10-4-2-3-6-12-10/h2-4,6,9,11H,5,7-8H2,1H3. The molecular weight excluding hydrogens is 162 g/mol. The van der Waals surface area contributed by atoms with E-state index in [-0.39, 0.29) is 0 Å². The molecule has 1 atom stereocenters. The fourth-order valence-electron chi connectivity index (χ4n) is 1.74. The van der Waals surface area contributed by atoms with Gasteiger partial charge in [0.25, 0.3) is 0 Å². The molecule has 70 valence electrons. The smallest absolute Gasteiger partial charge is 0.128 e. The lowest BCUT2D eigenvalue weighted by Crippen LogP contribution is -2.29. The molecule has 0 saturated carbocycles. The molecule has 3 heteroatoms. The van der Waals surface area contributed by atoms with Crippen molar-refractivity contribution >= 4 is 5.82 Å². The number of anilines is 1. The zero-order valence-corrected chi connectivity index (χ0v) is 7.90. The van der Waals surface area contributed by atoms with Gasteiger partial charge in [0.05, 0.1) is 0 Å². The highest BCUT2D eigenvalue weighted by atomic mass is 15.2. The van der Waals surface area contributed by atoms with Gasteiger partial charge >= 0.3 is 0 Å². The first-order valence-electron chi connectivity index (χ1n) is 4.73. The Hall–Kier alpha value is -1.09. The summed E-state index contributed by atoms with van der Waals surface area (Å²) in [5.41, 5.74) is 0. The fourth-order valence-corrected chi connectivity index (χ4v) is 1.74. The maximum absolute atomic E-state index is 4.33. The highest BCUT2D eigenvalue weighted by Gasteiger charge is 2.21. The first-order chi connectivity index (χ1) is 6.40. The van der Waals surface area contributed by atoms with Gasteiger partial charge in [-0.1, -0.05) is 6.07 Å². The minimum atomic E-state index is 0.627. The maximum Gasteiger partial charge on any atom is 0.128 e. The molecular formula is C10H15N3. The number of rotatable bonds is 2. The van der Waals surface area contributed by atoms with Crippen molar-refractivity contribution in [3.05, 3.63) is 24.4 Å². The molecule has 0 amide bonds. The number of nitrogens with one attached hydrogen (secondary N) is 1. The molecule has 2 rings (SSSR count). The monoisotopic (exact) mass is 177 g/mol. The molecule has 0 aromatic carbocycles. The molecule has 1 fully saturated rings. The Kier molecular flexibility index (Phi) is 2.45. The zero-order valence-electron chi connectivity index (χ0n) is 7.90. The Bertz CT molecular complexity index is 260. The Balaban J connectivity index is 2.04. The van der Waals surface area contributed by atoms with Crippen LogP contribution in [0, 0.1) is 0 Å². The van der Waals surface area contributed by atoms with Crippen molar-refractivity contribution in [2.45, 2.75) is 12.5 Å². The molecule has 1 saturated heterocycles. The highest BCUT2D eigenvalue weighted by molar-refractivity contribution is 5.39. The molecule has 2 heterocycles. The van der Waals surface area contributed by atoms with E-state index in [1.165, 1.54) is 6.42 Å². The van der Waals surface area contributed by atoms with E-state index in [0.717, 1.165) is 18.9 Å². The molecule has 0 spiro atoms. The normalized spacial score (nSPS) is 22.2. The molecule has 0 aliphatic carbocycles. The van der Waals surface area contributed by atoms with Crippen molar-refractivity contribution in [3.8, 4) is 0 Å². The molecule has 1 N–H and O–H groups in total. The molecule has 1 aliphatic rings. The van der Waals surface area contributed by atoms with Gasteiger partial charge in [-0.05, 0) is 25.6 Å². The lowest BCUT2D eigenvalue weighted by atomic mass is 10.3. The molecule has 0 bridgehead atoms. The topological polar surface area (TPSA) is 28.2 Å². The molecule has 1 aliphatic heterocycles. The number of hydrogen-bond donors (Lipinski definition) is 1. The van der Waals surface area contributed by atoms with Gasteiger partial charge in [-0.3, -0.25) is 0 Å². The summed E-state index contributed by atoms with van der Waals surface area (Å²) in [6, 6.07) is 6.68. The van der Waals surface area contributed by atoms with E-state index in [1.807, 2.05) is 25.4 Å². The second kappa shape index (κ2) is 3.75. The van der Waals surface area contributed by atoms with Crippen LogP contribution in [0.4, 0.5) is 5.82 Å². The van der Waals surface area contributed by atoms with Crippen LogP contribution < -0.4 is 10.2 Å². The van der Waals surface area contributed by atoms with Gasteiger partial charge in [-0.2, -0.15) is 0 Å². The van der Waals surface area contributed by atoms with Crippen molar-refractivity contribution < 1.29 is 0 Å². The van der Waals surface area contributed by atoms with Crippen molar-refractivity contribution in [3.63, 3.8) is 0 Å². The minimum absolute atomic E-state index is 0.627. The van der Waals surface area contributed by atoms with Gasteiger partial charge in [0.2, 0.25) is 0 Å². The summed E-state index contributed by atoms with van der Waals surface area (Å²) in [6.45, 7) is 2.19. The number of likely N-dealkylation sites (N-methyl/N-ethyl adjacent to an activating group) is 1. The summed E-state index contributed by atoms with van der Waals surface area (Å²) >= 11 is 0. The minimum Gasteiger partial charge on any atom is -0.355 e. The SMILES string of the molecule is CNC1CCN(c2ccccn2)C1. The maximum atomic E-state index is 4.33. The lowest BCUT2D eigenvalue weighted by Gasteiger charge is -2.16. The summed E-state index contributed by atoms with van der Waals surface area (Å²) in [5.74, 6) is 1.10. The van der Waals surface area contributed by atoms with E-state index in [4.69, 9.17) is 0 Å². The average molecular weight is 177 g/mol. The third-order valence-electron chi connectivity index (χ3n) is 2.57. The van der Waals surface area contributed by atoms with Crippen LogP contribution in [0.15, 0.2) is 24.4 Å². The van der Waals surface area contributed by atoms with Gasteiger partial charge in [-0.25, -0.2) is 4.98 Å². The summed E-state index contributed by atoms with van der Waals surface area (Å²) in [5, 5.41) is 3.29. The van der Waals surface area contributed by atoms with E-state index in [2.05, 4.69) is 21.3 Å². The molecule has 0 radical (unpaired) electrons. The second-order valence-corrected chi connectivity index (χ2v) is 3.41. The van der Waals surface area contributed by atoms with Gasteiger partial charge < -0.3 is 10.2 Å². The molecule has 3 nitrogen and oxygen atoms in total. The van der Waals surface area contributed by atoms with E-state index in [9.17, 15) is 0 Å². The lowest BCUT2D eigenvalue weighted by molar-refractivity contribution is 0.616. The summed E-state index contributed by atoms with van der Waals surface area (Å²) < 4.78 is 0. The Morgan fingerprint density at radius 3 is 3.08 bits per heavy atom. The predicted octanol–water partition coefficient (Wildman–Crippen LogP) is 0.880.